The molecule has 0 aliphatic heterocycles. The largest absolute Gasteiger partial charge is 0.504 e. The number of ether oxygens (including phenoxy) is 1. The Kier molecular flexibility index (Phi) is 5.46. The Labute approximate surface area is 136 Å². The molecule has 0 aliphatic carbocycles. The van der Waals surface area contributed by atoms with E-state index in [4.69, 9.17) is 10.5 Å². The van der Waals surface area contributed by atoms with Crippen molar-refractivity contribution in [2.75, 3.05) is 18.9 Å². The smallest absolute Gasteiger partial charge is 0.240 e. The van der Waals surface area contributed by atoms with E-state index in [2.05, 4.69) is 4.72 Å². The van der Waals surface area contributed by atoms with Crippen molar-refractivity contribution in [1.82, 2.24) is 4.72 Å². The van der Waals surface area contributed by atoms with Crippen molar-refractivity contribution in [3.8, 4) is 11.5 Å². The van der Waals surface area contributed by atoms with Crippen LogP contribution in [0.5, 0.6) is 11.5 Å². The molecule has 0 aliphatic rings. The number of hydrogen-bond donors (Lipinski definition) is 3. The number of nitrogens with one attached hydrogen (secondary N) is 1. The highest BCUT2D eigenvalue weighted by atomic mass is 32.2. The standard InChI is InChI=1S/C16H20N2O4S/c1-2-22-16-11-12(3-8-15(16)19)9-10-18-23(20,21)14-6-4-13(17)5-7-14/h3-8,11,18-19H,2,9-10,17H2,1H3. The van der Waals surface area contributed by atoms with Gasteiger partial charge in [-0.15, -0.1) is 0 Å². The SMILES string of the molecule is CCOc1cc(CCNS(=O)(=O)c2ccc(N)cc2)ccc1O. The zero-order valence-electron chi connectivity index (χ0n) is 12.8. The van der Waals surface area contributed by atoms with Crippen molar-refractivity contribution in [3.63, 3.8) is 0 Å². The van der Waals surface area contributed by atoms with Gasteiger partial charge in [-0.1, -0.05) is 6.07 Å². The number of rotatable bonds is 7. The maximum absolute atomic E-state index is 12.1. The first-order chi connectivity index (χ1) is 10.9. The molecule has 0 aromatic heterocycles. The van der Waals surface area contributed by atoms with E-state index < -0.39 is 10.0 Å². The van der Waals surface area contributed by atoms with Crippen LogP contribution in [-0.2, 0) is 16.4 Å². The number of sulfonamides is 1. The zero-order valence-corrected chi connectivity index (χ0v) is 13.6. The second-order valence-corrected chi connectivity index (χ2v) is 6.72. The molecule has 0 saturated heterocycles. The third-order valence-corrected chi connectivity index (χ3v) is 4.70. The van der Waals surface area contributed by atoms with Gasteiger partial charge in [-0.05, 0) is 55.3 Å². The van der Waals surface area contributed by atoms with Crippen LogP contribution in [0, 0.1) is 0 Å². The lowest BCUT2D eigenvalue weighted by molar-refractivity contribution is 0.318. The Bertz CT molecular complexity index is 758. The molecular weight excluding hydrogens is 316 g/mol. The summed E-state index contributed by atoms with van der Waals surface area (Å²) in [6.07, 6.45) is 0.481. The second kappa shape index (κ2) is 7.34. The number of aromatic hydroxyl groups is 1. The summed E-state index contributed by atoms with van der Waals surface area (Å²) in [6, 6.07) is 11.0. The minimum absolute atomic E-state index is 0.0676. The number of phenolic OH excluding ortho intramolecular Hbond substituents is 1. The average molecular weight is 336 g/mol. The van der Waals surface area contributed by atoms with E-state index in [1.807, 2.05) is 6.92 Å². The van der Waals surface area contributed by atoms with Crippen molar-refractivity contribution >= 4 is 15.7 Å². The molecule has 0 amide bonds. The minimum atomic E-state index is -3.56. The van der Waals surface area contributed by atoms with Gasteiger partial charge in [0, 0.05) is 12.2 Å². The van der Waals surface area contributed by atoms with Crippen molar-refractivity contribution < 1.29 is 18.3 Å². The Morgan fingerprint density at radius 3 is 2.52 bits per heavy atom. The van der Waals surface area contributed by atoms with Gasteiger partial charge in [0.1, 0.15) is 0 Å². The molecule has 0 fully saturated rings. The van der Waals surface area contributed by atoms with Crippen molar-refractivity contribution in [2.45, 2.75) is 18.2 Å². The molecule has 0 radical (unpaired) electrons. The summed E-state index contributed by atoms with van der Waals surface area (Å²) in [6.45, 7) is 2.51. The van der Waals surface area contributed by atoms with Gasteiger partial charge in [0.2, 0.25) is 10.0 Å². The second-order valence-electron chi connectivity index (χ2n) is 4.95. The van der Waals surface area contributed by atoms with E-state index in [9.17, 15) is 13.5 Å². The lowest BCUT2D eigenvalue weighted by Gasteiger charge is -2.10. The monoisotopic (exact) mass is 336 g/mol. The van der Waals surface area contributed by atoms with E-state index in [0.717, 1.165) is 5.56 Å². The molecule has 0 spiro atoms. The van der Waals surface area contributed by atoms with Gasteiger partial charge in [0.15, 0.2) is 11.5 Å². The highest BCUT2D eigenvalue weighted by Gasteiger charge is 2.13. The summed E-state index contributed by atoms with van der Waals surface area (Å²) < 4.78 is 32.1. The topological polar surface area (TPSA) is 102 Å². The summed E-state index contributed by atoms with van der Waals surface area (Å²) in [5.74, 6) is 0.462. The third kappa shape index (κ3) is 4.61. The number of benzene rings is 2. The fourth-order valence-corrected chi connectivity index (χ4v) is 3.08. The Morgan fingerprint density at radius 1 is 1.17 bits per heavy atom. The summed E-state index contributed by atoms with van der Waals surface area (Å²) in [7, 11) is -3.56. The van der Waals surface area contributed by atoms with Crippen LogP contribution in [0.2, 0.25) is 0 Å². The Hall–Kier alpha value is -2.25. The summed E-state index contributed by atoms with van der Waals surface area (Å²) in [5, 5.41) is 9.65. The molecule has 2 aromatic rings. The minimum Gasteiger partial charge on any atom is -0.504 e. The van der Waals surface area contributed by atoms with E-state index in [0.29, 0.717) is 24.5 Å². The molecule has 7 heteroatoms. The van der Waals surface area contributed by atoms with Crippen LogP contribution in [0.25, 0.3) is 0 Å². The maximum atomic E-state index is 12.1. The molecule has 0 saturated carbocycles. The number of nitrogen functional groups attached to an aromatic ring is 1. The molecule has 23 heavy (non-hydrogen) atoms. The van der Waals surface area contributed by atoms with Crippen molar-refractivity contribution in [1.29, 1.82) is 0 Å². The first-order valence-electron chi connectivity index (χ1n) is 7.22. The van der Waals surface area contributed by atoms with Gasteiger partial charge in [-0.3, -0.25) is 0 Å². The van der Waals surface area contributed by atoms with Crippen LogP contribution in [0.3, 0.4) is 0 Å². The molecule has 0 atom stereocenters. The third-order valence-electron chi connectivity index (χ3n) is 3.22. The van der Waals surface area contributed by atoms with E-state index >= 15 is 0 Å². The molecule has 6 nitrogen and oxygen atoms in total. The van der Waals surface area contributed by atoms with Gasteiger partial charge >= 0.3 is 0 Å². The van der Waals surface area contributed by atoms with Gasteiger partial charge in [0.25, 0.3) is 0 Å². The van der Waals surface area contributed by atoms with Crippen LogP contribution in [0.15, 0.2) is 47.4 Å². The summed E-state index contributed by atoms with van der Waals surface area (Å²) in [4.78, 5) is 0.174. The molecule has 124 valence electrons. The number of hydrogen-bond acceptors (Lipinski definition) is 5. The normalized spacial score (nSPS) is 11.3. The quantitative estimate of drug-likeness (QED) is 0.670. The fourth-order valence-electron chi connectivity index (χ4n) is 2.05. The van der Waals surface area contributed by atoms with Crippen LogP contribution < -0.4 is 15.2 Å². The predicted molar refractivity (Wildman–Crippen MR) is 89.0 cm³/mol. The fraction of sp³-hybridized carbons (Fsp3) is 0.250. The number of anilines is 1. The molecule has 2 rings (SSSR count). The van der Waals surface area contributed by atoms with Crippen molar-refractivity contribution in [2.24, 2.45) is 0 Å². The first-order valence-corrected chi connectivity index (χ1v) is 8.70. The number of phenols is 1. The van der Waals surface area contributed by atoms with Gasteiger partial charge in [0.05, 0.1) is 11.5 Å². The number of nitrogens with two attached hydrogens (primary N) is 1. The van der Waals surface area contributed by atoms with Gasteiger partial charge in [-0.25, -0.2) is 13.1 Å². The van der Waals surface area contributed by atoms with E-state index in [1.54, 1.807) is 24.3 Å². The Morgan fingerprint density at radius 2 is 1.87 bits per heavy atom. The Balaban J connectivity index is 1.99. The van der Waals surface area contributed by atoms with Gasteiger partial charge in [-0.2, -0.15) is 0 Å². The van der Waals surface area contributed by atoms with Crippen LogP contribution in [-0.4, -0.2) is 26.7 Å². The first kappa shape index (κ1) is 17.1. The summed E-state index contributed by atoms with van der Waals surface area (Å²) >= 11 is 0. The molecule has 0 unspecified atom stereocenters. The van der Waals surface area contributed by atoms with Crippen LogP contribution in [0.1, 0.15) is 12.5 Å². The zero-order chi connectivity index (χ0) is 16.9. The molecular formula is C16H20N2O4S. The lowest BCUT2D eigenvalue weighted by atomic mass is 10.1. The molecule has 4 N–H and O–H groups in total. The maximum Gasteiger partial charge on any atom is 0.240 e. The molecule has 2 aromatic carbocycles. The molecule has 0 bridgehead atoms. The highest BCUT2D eigenvalue weighted by molar-refractivity contribution is 7.89. The van der Waals surface area contributed by atoms with E-state index in [-0.39, 0.29) is 17.2 Å². The van der Waals surface area contributed by atoms with E-state index in [1.165, 1.54) is 18.2 Å². The van der Waals surface area contributed by atoms with Gasteiger partial charge < -0.3 is 15.6 Å². The van der Waals surface area contributed by atoms with Crippen LogP contribution in [0.4, 0.5) is 5.69 Å². The predicted octanol–water partition coefficient (Wildman–Crippen LogP) is 1.89. The van der Waals surface area contributed by atoms with Crippen LogP contribution >= 0.6 is 0 Å². The summed E-state index contributed by atoms with van der Waals surface area (Å²) in [5.41, 5.74) is 6.93. The average Bonchev–Trinajstić information content (AvgIpc) is 2.51. The lowest BCUT2D eigenvalue weighted by Crippen LogP contribution is -2.26. The highest BCUT2D eigenvalue weighted by Crippen LogP contribution is 2.26. The molecule has 0 heterocycles. The van der Waals surface area contributed by atoms with Crippen molar-refractivity contribution in [3.05, 3.63) is 48.0 Å².